The van der Waals surface area contributed by atoms with Crippen LogP contribution < -0.4 is 16.2 Å². The monoisotopic (exact) mass is 285 g/mol. The van der Waals surface area contributed by atoms with Crippen LogP contribution in [-0.2, 0) is 0 Å². The van der Waals surface area contributed by atoms with E-state index in [0.717, 1.165) is 0 Å². The average Bonchev–Trinajstić information content (AvgIpc) is 2.53. The molecule has 0 unspecified atom stereocenters. The van der Waals surface area contributed by atoms with Gasteiger partial charge in [0.15, 0.2) is 0 Å². The molecule has 0 amide bonds. The highest BCUT2D eigenvalue weighted by atomic mass is 16.6. The zero-order valence-corrected chi connectivity index (χ0v) is 11.0. The molecule has 21 heavy (non-hydrogen) atoms. The minimum atomic E-state index is -0.616. The largest absolute Gasteiger partial charge is 0.355 e. The van der Waals surface area contributed by atoms with Crippen LogP contribution in [0, 0.1) is 21.4 Å². The molecule has 1 aromatic carbocycles. The smallest absolute Gasteiger partial charge is 0.324 e. The lowest BCUT2D eigenvalue weighted by atomic mass is 10.2. The van der Waals surface area contributed by atoms with Gasteiger partial charge in [0.1, 0.15) is 6.33 Å². The predicted octanol–water partition coefficient (Wildman–Crippen LogP) is 1.31. The van der Waals surface area contributed by atoms with E-state index < -0.39 is 4.92 Å². The Labute approximate surface area is 119 Å². The van der Waals surface area contributed by atoms with Crippen LogP contribution in [0.5, 0.6) is 0 Å². The fraction of sp³-hybridized carbons (Fsp3) is 0.0833. The van der Waals surface area contributed by atoms with Gasteiger partial charge >= 0.3 is 5.69 Å². The van der Waals surface area contributed by atoms with Gasteiger partial charge in [0.25, 0.3) is 0 Å². The zero-order chi connectivity index (χ0) is 15.4. The van der Waals surface area contributed by atoms with E-state index in [-0.39, 0.29) is 17.3 Å². The van der Waals surface area contributed by atoms with E-state index in [0.29, 0.717) is 11.3 Å². The van der Waals surface area contributed by atoms with E-state index >= 15 is 0 Å². The van der Waals surface area contributed by atoms with Gasteiger partial charge in [-0.1, -0.05) is 6.07 Å². The number of nitrogens with zero attached hydrogens (tertiary/aromatic N) is 5. The molecule has 0 bridgehead atoms. The summed E-state index contributed by atoms with van der Waals surface area (Å²) in [6, 6.07) is 8.63. The summed E-state index contributed by atoms with van der Waals surface area (Å²) in [6.45, 7) is 0. The predicted molar refractivity (Wildman–Crippen MR) is 75.7 cm³/mol. The maximum absolute atomic E-state index is 11.2. The lowest BCUT2D eigenvalue weighted by Crippen LogP contribution is -2.17. The Morgan fingerprint density at radius 3 is 2.86 bits per heavy atom. The molecule has 0 aliphatic rings. The lowest BCUT2D eigenvalue weighted by Gasteiger charge is -2.18. The standard InChI is InChI=1S/C12H11N7O2/c1-18(9-4-2-3-8(5-9)6-13)12-10(19(20)21)11(17-14)15-7-16-12/h2-5,7H,14H2,1H3,(H,15,16,17). The van der Waals surface area contributed by atoms with Crippen molar-refractivity contribution >= 4 is 23.0 Å². The van der Waals surface area contributed by atoms with Gasteiger partial charge in [0, 0.05) is 12.7 Å². The van der Waals surface area contributed by atoms with Gasteiger partial charge in [-0.25, -0.2) is 15.8 Å². The first-order valence-electron chi connectivity index (χ1n) is 5.78. The number of nitriles is 1. The highest BCUT2D eigenvalue weighted by molar-refractivity contribution is 5.75. The third kappa shape index (κ3) is 2.70. The van der Waals surface area contributed by atoms with Crippen LogP contribution in [0.3, 0.4) is 0 Å². The van der Waals surface area contributed by atoms with Crippen LogP contribution in [0.4, 0.5) is 23.0 Å². The molecule has 0 aliphatic heterocycles. The number of anilines is 3. The van der Waals surface area contributed by atoms with Gasteiger partial charge in [0.2, 0.25) is 11.6 Å². The van der Waals surface area contributed by atoms with Crippen LogP contribution in [0.25, 0.3) is 0 Å². The summed E-state index contributed by atoms with van der Waals surface area (Å²) in [7, 11) is 1.60. The van der Waals surface area contributed by atoms with Crippen molar-refractivity contribution in [2.75, 3.05) is 17.4 Å². The van der Waals surface area contributed by atoms with Crippen molar-refractivity contribution in [1.29, 1.82) is 5.26 Å². The fourth-order valence-electron chi connectivity index (χ4n) is 1.80. The Morgan fingerprint density at radius 2 is 2.24 bits per heavy atom. The first kappa shape index (κ1) is 14.2. The molecular formula is C12H11N7O2. The van der Waals surface area contributed by atoms with Crippen LogP contribution in [0.1, 0.15) is 5.56 Å². The molecule has 3 N–H and O–H groups in total. The van der Waals surface area contributed by atoms with E-state index in [1.54, 1.807) is 31.3 Å². The normalized spacial score (nSPS) is 9.76. The summed E-state index contributed by atoms with van der Waals surface area (Å²) in [4.78, 5) is 19.7. The van der Waals surface area contributed by atoms with Crippen molar-refractivity contribution < 1.29 is 4.92 Å². The summed E-state index contributed by atoms with van der Waals surface area (Å²) < 4.78 is 0. The lowest BCUT2D eigenvalue weighted by molar-refractivity contribution is -0.383. The Kier molecular flexibility index (Phi) is 3.92. The van der Waals surface area contributed by atoms with Crippen molar-refractivity contribution in [2.45, 2.75) is 0 Å². The van der Waals surface area contributed by atoms with Crippen molar-refractivity contribution in [3.63, 3.8) is 0 Å². The topological polar surface area (TPSA) is 134 Å². The van der Waals surface area contributed by atoms with Gasteiger partial charge < -0.3 is 10.3 Å². The molecule has 0 radical (unpaired) electrons. The second kappa shape index (κ2) is 5.81. The van der Waals surface area contributed by atoms with Crippen LogP contribution in [-0.4, -0.2) is 21.9 Å². The fourth-order valence-corrected chi connectivity index (χ4v) is 1.80. The molecule has 0 fully saturated rings. The number of hydrogen-bond acceptors (Lipinski definition) is 8. The maximum Gasteiger partial charge on any atom is 0.355 e. The quantitative estimate of drug-likeness (QED) is 0.487. The second-order valence-electron chi connectivity index (χ2n) is 4.02. The molecule has 0 saturated heterocycles. The first-order chi connectivity index (χ1) is 10.1. The number of nitrogen functional groups attached to an aromatic ring is 1. The SMILES string of the molecule is CN(c1cccc(C#N)c1)c1ncnc(NN)c1[N+](=O)[O-]. The molecule has 0 atom stereocenters. The van der Waals surface area contributed by atoms with Crippen molar-refractivity contribution in [3.05, 3.63) is 46.3 Å². The Morgan fingerprint density at radius 1 is 1.48 bits per heavy atom. The van der Waals surface area contributed by atoms with Gasteiger partial charge in [-0.3, -0.25) is 10.1 Å². The highest BCUT2D eigenvalue weighted by Gasteiger charge is 2.25. The van der Waals surface area contributed by atoms with E-state index in [2.05, 4.69) is 15.4 Å². The molecule has 0 saturated carbocycles. The molecule has 2 aromatic rings. The second-order valence-corrected chi connectivity index (χ2v) is 4.02. The molecule has 9 nitrogen and oxygen atoms in total. The number of hydrazine groups is 1. The third-order valence-electron chi connectivity index (χ3n) is 2.80. The molecule has 1 aromatic heterocycles. The molecule has 1 heterocycles. The van der Waals surface area contributed by atoms with Gasteiger partial charge in [0.05, 0.1) is 16.6 Å². The maximum atomic E-state index is 11.2. The summed E-state index contributed by atoms with van der Waals surface area (Å²) in [5.74, 6) is 5.21. The van der Waals surface area contributed by atoms with Crippen LogP contribution >= 0.6 is 0 Å². The van der Waals surface area contributed by atoms with Crippen LogP contribution in [0.15, 0.2) is 30.6 Å². The molecule has 0 spiro atoms. The molecule has 2 rings (SSSR count). The third-order valence-corrected chi connectivity index (χ3v) is 2.80. The summed E-state index contributed by atoms with van der Waals surface area (Å²) in [6.07, 6.45) is 1.17. The summed E-state index contributed by atoms with van der Waals surface area (Å²) >= 11 is 0. The number of benzene rings is 1. The summed E-state index contributed by atoms with van der Waals surface area (Å²) in [5, 5.41) is 20.1. The molecule has 0 aliphatic carbocycles. The minimum Gasteiger partial charge on any atom is -0.324 e. The number of aromatic nitrogens is 2. The van der Waals surface area contributed by atoms with Crippen molar-refractivity contribution in [3.8, 4) is 6.07 Å². The Balaban J connectivity index is 2.55. The van der Waals surface area contributed by atoms with Gasteiger partial charge in [-0.2, -0.15) is 5.26 Å². The Bertz CT molecular complexity index is 726. The van der Waals surface area contributed by atoms with E-state index in [1.165, 1.54) is 11.2 Å². The van der Waals surface area contributed by atoms with E-state index in [1.807, 2.05) is 6.07 Å². The number of nitrogens with two attached hydrogens (primary N) is 1. The first-order valence-corrected chi connectivity index (χ1v) is 5.78. The van der Waals surface area contributed by atoms with Crippen molar-refractivity contribution in [1.82, 2.24) is 9.97 Å². The molecule has 9 heteroatoms. The van der Waals surface area contributed by atoms with Gasteiger partial charge in [-0.05, 0) is 18.2 Å². The number of hydrogen-bond donors (Lipinski definition) is 2. The van der Waals surface area contributed by atoms with E-state index in [4.69, 9.17) is 11.1 Å². The number of nitrogens with one attached hydrogen (secondary N) is 1. The summed E-state index contributed by atoms with van der Waals surface area (Å²) in [5.41, 5.74) is 2.85. The van der Waals surface area contributed by atoms with Gasteiger partial charge in [-0.15, -0.1) is 0 Å². The molecular weight excluding hydrogens is 274 g/mol. The molecule has 106 valence electrons. The number of nitro groups is 1. The average molecular weight is 285 g/mol. The van der Waals surface area contributed by atoms with Crippen molar-refractivity contribution in [2.24, 2.45) is 5.84 Å². The minimum absolute atomic E-state index is 0.0676. The number of rotatable bonds is 4. The Hall–Kier alpha value is -3.25. The highest BCUT2D eigenvalue weighted by Crippen LogP contribution is 2.34. The zero-order valence-electron chi connectivity index (χ0n) is 11.0. The van der Waals surface area contributed by atoms with E-state index in [9.17, 15) is 10.1 Å². The van der Waals surface area contributed by atoms with Crippen LogP contribution in [0.2, 0.25) is 0 Å².